The van der Waals surface area contributed by atoms with E-state index in [4.69, 9.17) is 19.5 Å². The van der Waals surface area contributed by atoms with Crippen LogP contribution in [0.1, 0.15) is 68.6 Å². The Morgan fingerprint density at radius 3 is 2.37 bits per heavy atom. The van der Waals surface area contributed by atoms with Crippen LogP contribution in [0.15, 0.2) is 89.4 Å². The molecule has 296 valence electrons. The third-order valence-corrected chi connectivity index (χ3v) is 12.7. The van der Waals surface area contributed by atoms with Gasteiger partial charge in [0, 0.05) is 86.7 Å². The van der Waals surface area contributed by atoms with Gasteiger partial charge in [0.25, 0.3) is 0 Å². The highest BCUT2D eigenvalue weighted by atomic mass is 19.1. The number of amides is 3. The predicted octanol–water partition coefficient (Wildman–Crippen LogP) is 6.99. The van der Waals surface area contributed by atoms with Gasteiger partial charge in [-0.15, -0.1) is 0 Å². The van der Waals surface area contributed by atoms with Crippen molar-refractivity contribution >= 4 is 40.5 Å². The number of benzene rings is 2. The Labute approximate surface area is 332 Å². The second-order valence-corrected chi connectivity index (χ2v) is 15.9. The summed E-state index contributed by atoms with van der Waals surface area (Å²) in [6.07, 6.45) is 12.1. The number of allylic oxidation sites excluding steroid dienone is 2. The van der Waals surface area contributed by atoms with Gasteiger partial charge >= 0.3 is 6.09 Å². The summed E-state index contributed by atoms with van der Waals surface area (Å²) in [4.78, 5) is 54.7. The van der Waals surface area contributed by atoms with Crippen molar-refractivity contribution < 1.29 is 28.2 Å². The number of hydrogen-bond donors (Lipinski definition) is 2. The molecule has 1 saturated heterocycles. The average molecular weight is 773 g/mol. The van der Waals surface area contributed by atoms with Gasteiger partial charge in [0.2, 0.25) is 11.8 Å². The van der Waals surface area contributed by atoms with E-state index < -0.39 is 18.2 Å². The zero-order chi connectivity index (χ0) is 39.6. The second kappa shape index (κ2) is 16.5. The monoisotopic (exact) mass is 772 g/mol. The molecule has 3 amide bonds. The minimum absolute atomic E-state index is 0.0559. The number of likely N-dealkylation sites (tertiary alicyclic amines) is 1. The molecule has 2 aliphatic carbocycles. The Hall–Kier alpha value is -5.49. The van der Waals surface area contributed by atoms with Crippen LogP contribution >= 0.6 is 0 Å². The third-order valence-electron chi connectivity index (χ3n) is 12.7. The Morgan fingerprint density at radius 2 is 1.63 bits per heavy atom. The van der Waals surface area contributed by atoms with E-state index in [-0.39, 0.29) is 35.5 Å². The Bertz CT molecular complexity index is 2150. The molecule has 0 radical (unpaired) electrons. The molecule has 4 heterocycles. The molecule has 4 unspecified atom stereocenters. The molecule has 0 spiro atoms. The number of rotatable bonds is 12. The second-order valence-electron chi connectivity index (χ2n) is 15.9. The van der Waals surface area contributed by atoms with E-state index in [9.17, 15) is 14.4 Å². The fraction of sp³-hybridized carbons (Fsp3) is 0.422. The first-order valence-electron chi connectivity index (χ1n) is 20.0. The van der Waals surface area contributed by atoms with E-state index in [1.165, 1.54) is 14.2 Å². The highest BCUT2D eigenvalue weighted by Crippen LogP contribution is 2.54. The molecule has 12 heteroatoms. The average Bonchev–Trinajstić information content (AvgIpc) is 4.10. The van der Waals surface area contributed by atoms with Crippen molar-refractivity contribution in [1.82, 2.24) is 20.5 Å². The van der Waals surface area contributed by atoms with Crippen molar-refractivity contribution in [2.24, 2.45) is 33.7 Å². The van der Waals surface area contributed by atoms with Crippen LogP contribution in [0.2, 0.25) is 0 Å². The van der Waals surface area contributed by atoms with Gasteiger partial charge < -0.3 is 25.0 Å². The van der Waals surface area contributed by atoms with Gasteiger partial charge in [-0.3, -0.25) is 24.6 Å². The van der Waals surface area contributed by atoms with E-state index in [0.29, 0.717) is 43.3 Å². The summed E-state index contributed by atoms with van der Waals surface area (Å²) in [5.41, 5.74) is 7.99. The molecular formula is C45H49FN6O5. The standard InChI is InChI=1S/C45H49FN6O5/c1-26(56-2)42(51-45(55)57-3)44(54)52-17-5-7-39(52)37-20-34(25-48-37)30-14-15-35(36(46)19-30)29-10-8-28(9-11-29)33-21-38(49-24-33)40-31-12-13-32(18-31)41(40)43(53)50-23-27-6-4-16-47-22-27/h4,6,8-11,14-16,19,22,24-26,31-32,39-42H,5,7,12-13,17-18,20-21,23H2,1-3H3,(H,50,53)(H,51,55)/t26-,31?,32?,39?,40+,41?,42+/m1/s1. The number of pyridine rings is 1. The largest absolute Gasteiger partial charge is 0.453 e. The summed E-state index contributed by atoms with van der Waals surface area (Å²) in [6.45, 7) is 2.74. The van der Waals surface area contributed by atoms with E-state index in [1.54, 1.807) is 36.5 Å². The Balaban J connectivity index is 0.881. The normalized spacial score (nSPS) is 24.7. The topological polar surface area (TPSA) is 135 Å². The van der Waals surface area contributed by atoms with Crippen molar-refractivity contribution in [2.45, 2.75) is 76.6 Å². The number of aliphatic imine (C=N–C) groups is 2. The molecule has 7 atom stereocenters. The first-order chi connectivity index (χ1) is 27.7. The maximum absolute atomic E-state index is 15.8. The maximum Gasteiger partial charge on any atom is 0.407 e. The zero-order valence-electron chi connectivity index (χ0n) is 32.6. The van der Waals surface area contributed by atoms with Crippen LogP contribution in [-0.4, -0.2) is 78.2 Å². The van der Waals surface area contributed by atoms with Gasteiger partial charge in [0.1, 0.15) is 11.9 Å². The number of carbonyl (C=O) groups is 3. The molecular weight excluding hydrogens is 724 g/mol. The highest BCUT2D eigenvalue weighted by Gasteiger charge is 2.52. The van der Waals surface area contributed by atoms with Gasteiger partial charge in [-0.1, -0.05) is 42.5 Å². The number of nitrogens with zero attached hydrogens (tertiary/aromatic N) is 4. The van der Waals surface area contributed by atoms with Crippen LogP contribution in [0.5, 0.6) is 0 Å². The molecule has 57 heavy (non-hydrogen) atoms. The highest BCUT2D eigenvalue weighted by molar-refractivity contribution is 6.04. The first kappa shape index (κ1) is 38.4. The molecule has 11 nitrogen and oxygen atoms in total. The van der Waals surface area contributed by atoms with Crippen LogP contribution in [0.3, 0.4) is 0 Å². The van der Waals surface area contributed by atoms with Gasteiger partial charge in [-0.05, 0) is 96.4 Å². The number of nitrogens with one attached hydrogen (secondary N) is 2. The summed E-state index contributed by atoms with van der Waals surface area (Å²) in [6, 6.07) is 16.0. The molecule has 2 saturated carbocycles. The lowest BCUT2D eigenvalue weighted by Crippen LogP contribution is -2.56. The summed E-state index contributed by atoms with van der Waals surface area (Å²) in [5, 5.41) is 5.80. The van der Waals surface area contributed by atoms with Crippen molar-refractivity contribution in [3.05, 3.63) is 102 Å². The van der Waals surface area contributed by atoms with Gasteiger partial charge in [0.15, 0.2) is 0 Å². The predicted molar refractivity (Wildman–Crippen MR) is 216 cm³/mol. The summed E-state index contributed by atoms with van der Waals surface area (Å²) >= 11 is 0. The summed E-state index contributed by atoms with van der Waals surface area (Å²) in [5.74, 6) is 0.526. The first-order valence-corrected chi connectivity index (χ1v) is 20.0. The molecule has 5 aliphatic rings. The van der Waals surface area contributed by atoms with Gasteiger partial charge in [0.05, 0.1) is 19.3 Å². The van der Waals surface area contributed by atoms with Crippen LogP contribution < -0.4 is 10.6 Å². The SMILES string of the molecule is COC(=O)N[C@H](C(=O)N1CCCC1C1=NC=C(c2ccc(-c3ccc(C4=CN=C([C@@H]5C6CCC(C6)C5C(=O)NCc5cccnc5)C4)cc3)c(F)c2)C1)[C@@H](C)OC. The number of carbonyl (C=O) groups excluding carboxylic acids is 3. The molecule has 3 aromatic rings. The van der Waals surface area contributed by atoms with Crippen molar-refractivity contribution in [2.75, 3.05) is 20.8 Å². The smallest absolute Gasteiger partial charge is 0.407 e. The lowest BCUT2D eigenvalue weighted by atomic mass is 9.75. The minimum atomic E-state index is -0.905. The zero-order valence-corrected chi connectivity index (χ0v) is 32.6. The fourth-order valence-corrected chi connectivity index (χ4v) is 9.68. The Kier molecular flexibility index (Phi) is 11.1. The van der Waals surface area contributed by atoms with Crippen molar-refractivity contribution in [1.29, 1.82) is 0 Å². The fourth-order valence-electron chi connectivity index (χ4n) is 9.68. The minimum Gasteiger partial charge on any atom is -0.453 e. The van der Waals surface area contributed by atoms with E-state index >= 15 is 4.39 Å². The van der Waals surface area contributed by atoms with E-state index in [1.807, 2.05) is 54.7 Å². The number of fused-ring (bicyclic) bond motifs is 2. The van der Waals surface area contributed by atoms with Crippen LogP contribution in [0.4, 0.5) is 9.18 Å². The van der Waals surface area contributed by atoms with Gasteiger partial charge in [-0.25, -0.2) is 9.18 Å². The number of halogens is 1. The molecule has 8 rings (SSSR count). The molecule has 3 aliphatic heterocycles. The van der Waals surface area contributed by atoms with Crippen LogP contribution in [-0.2, 0) is 25.6 Å². The number of aromatic nitrogens is 1. The van der Waals surface area contributed by atoms with E-state index in [0.717, 1.165) is 76.9 Å². The van der Waals surface area contributed by atoms with E-state index in [2.05, 4.69) is 15.6 Å². The third kappa shape index (κ3) is 7.79. The lowest BCUT2D eigenvalue weighted by molar-refractivity contribution is -0.136. The number of alkyl carbamates (subject to hydrolysis) is 1. The summed E-state index contributed by atoms with van der Waals surface area (Å²) in [7, 11) is 2.75. The lowest BCUT2D eigenvalue weighted by Gasteiger charge is -2.31. The van der Waals surface area contributed by atoms with Crippen molar-refractivity contribution in [3.8, 4) is 11.1 Å². The maximum atomic E-state index is 15.8. The molecule has 2 bridgehead atoms. The number of hydrogen-bond acceptors (Lipinski definition) is 8. The number of methoxy groups -OCH3 is 2. The molecule has 2 aromatic carbocycles. The Morgan fingerprint density at radius 1 is 0.912 bits per heavy atom. The van der Waals surface area contributed by atoms with Crippen LogP contribution in [0, 0.1) is 29.5 Å². The van der Waals surface area contributed by atoms with Crippen molar-refractivity contribution in [3.63, 3.8) is 0 Å². The molecule has 3 fully saturated rings. The molecule has 2 N–H and O–H groups in total. The van der Waals surface area contributed by atoms with Gasteiger partial charge in [-0.2, -0.15) is 0 Å². The molecule has 1 aromatic heterocycles. The quantitative estimate of drug-likeness (QED) is 0.204. The summed E-state index contributed by atoms with van der Waals surface area (Å²) < 4.78 is 25.9. The number of ether oxygens (including phenoxy) is 2. The van der Waals surface area contributed by atoms with Crippen LogP contribution in [0.25, 0.3) is 22.3 Å².